The van der Waals surface area contributed by atoms with Crippen LogP contribution in [0.4, 0.5) is 5.69 Å². The van der Waals surface area contributed by atoms with Crippen LogP contribution in [0.1, 0.15) is 15.9 Å². The molecular weight excluding hydrogens is 256 g/mol. The molecule has 0 aliphatic carbocycles. The number of carbonyl (C=O) groups excluding carboxylic acids is 1. The quantitative estimate of drug-likeness (QED) is 0.801. The number of nitrogens with one attached hydrogen (secondary N) is 1. The lowest BCUT2D eigenvalue weighted by Crippen LogP contribution is -2.13. The molecule has 20 heavy (non-hydrogen) atoms. The molecule has 2 rings (SSSR count). The standard InChI is InChI=1S/C15H12N2O3/c16-9-3-5-11-4-1-2-6-13(11)17-15(19)12-7-8-14(18)20-10-12/h1-2,4,6-8,10H,9,16H2,(H,17,19). The summed E-state index contributed by atoms with van der Waals surface area (Å²) < 4.78 is 4.65. The number of hydrogen-bond donors (Lipinski definition) is 2. The molecule has 0 saturated carbocycles. The van der Waals surface area contributed by atoms with Crippen molar-refractivity contribution in [2.24, 2.45) is 5.73 Å². The highest BCUT2D eigenvalue weighted by atomic mass is 16.4. The minimum Gasteiger partial charge on any atom is -0.430 e. The molecule has 100 valence electrons. The lowest BCUT2D eigenvalue weighted by atomic mass is 10.1. The summed E-state index contributed by atoms with van der Waals surface area (Å²) in [5, 5.41) is 2.71. The molecule has 1 aromatic carbocycles. The van der Waals surface area contributed by atoms with Gasteiger partial charge in [-0.15, -0.1) is 0 Å². The fourth-order valence-corrected chi connectivity index (χ4v) is 1.53. The van der Waals surface area contributed by atoms with Crippen molar-refractivity contribution >= 4 is 11.6 Å². The topological polar surface area (TPSA) is 85.3 Å². The number of rotatable bonds is 2. The lowest BCUT2D eigenvalue weighted by Gasteiger charge is -2.06. The van der Waals surface area contributed by atoms with Crippen LogP contribution in [-0.4, -0.2) is 12.5 Å². The van der Waals surface area contributed by atoms with Crippen LogP contribution in [0, 0.1) is 11.8 Å². The maximum absolute atomic E-state index is 12.0. The van der Waals surface area contributed by atoms with E-state index >= 15 is 0 Å². The molecule has 0 unspecified atom stereocenters. The molecule has 0 bridgehead atoms. The molecule has 0 aliphatic heterocycles. The molecule has 0 radical (unpaired) electrons. The molecule has 2 aromatic rings. The van der Waals surface area contributed by atoms with Gasteiger partial charge >= 0.3 is 5.63 Å². The Morgan fingerprint density at radius 1 is 1.25 bits per heavy atom. The third kappa shape index (κ3) is 3.34. The second kappa shape index (κ2) is 6.36. The van der Waals surface area contributed by atoms with Gasteiger partial charge in [0.1, 0.15) is 6.26 Å². The molecule has 5 heteroatoms. The summed E-state index contributed by atoms with van der Waals surface area (Å²) in [5.41, 5.74) is 6.33. The number of carbonyl (C=O) groups is 1. The molecule has 0 aliphatic rings. The second-order valence-corrected chi connectivity index (χ2v) is 3.85. The second-order valence-electron chi connectivity index (χ2n) is 3.85. The molecule has 0 fully saturated rings. The number of benzene rings is 1. The Balaban J connectivity index is 2.23. The van der Waals surface area contributed by atoms with Crippen molar-refractivity contribution in [3.8, 4) is 11.8 Å². The zero-order valence-corrected chi connectivity index (χ0v) is 10.6. The van der Waals surface area contributed by atoms with E-state index in [1.807, 2.05) is 6.07 Å². The van der Waals surface area contributed by atoms with Gasteiger partial charge in [-0.1, -0.05) is 24.0 Å². The van der Waals surface area contributed by atoms with Gasteiger partial charge in [-0.25, -0.2) is 4.79 Å². The van der Waals surface area contributed by atoms with Crippen LogP contribution in [0.3, 0.4) is 0 Å². The Labute approximate surface area is 115 Å². The Bertz CT molecular complexity index is 718. The van der Waals surface area contributed by atoms with Gasteiger partial charge in [0, 0.05) is 11.6 Å². The van der Waals surface area contributed by atoms with E-state index in [-0.39, 0.29) is 18.0 Å². The van der Waals surface area contributed by atoms with E-state index in [9.17, 15) is 9.59 Å². The highest BCUT2D eigenvalue weighted by Crippen LogP contribution is 2.14. The first-order valence-electron chi connectivity index (χ1n) is 5.89. The van der Waals surface area contributed by atoms with Crippen molar-refractivity contribution < 1.29 is 9.21 Å². The molecule has 1 heterocycles. The van der Waals surface area contributed by atoms with Gasteiger partial charge in [-0.05, 0) is 18.2 Å². The van der Waals surface area contributed by atoms with Crippen LogP contribution >= 0.6 is 0 Å². The monoisotopic (exact) mass is 268 g/mol. The van der Waals surface area contributed by atoms with Gasteiger partial charge in [0.05, 0.1) is 17.8 Å². The van der Waals surface area contributed by atoms with Crippen LogP contribution in [0.25, 0.3) is 0 Å². The van der Waals surface area contributed by atoms with Crippen LogP contribution in [0.15, 0.2) is 51.9 Å². The summed E-state index contributed by atoms with van der Waals surface area (Å²) in [5.74, 6) is 5.23. The molecule has 0 spiro atoms. The van der Waals surface area contributed by atoms with E-state index in [1.165, 1.54) is 12.1 Å². The normalized spacial score (nSPS) is 9.45. The van der Waals surface area contributed by atoms with Gasteiger partial charge in [-0.2, -0.15) is 0 Å². The lowest BCUT2D eigenvalue weighted by molar-refractivity contribution is 0.102. The largest absolute Gasteiger partial charge is 0.430 e. The fourth-order valence-electron chi connectivity index (χ4n) is 1.53. The zero-order valence-electron chi connectivity index (χ0n) is 10.6. The first-order chi connectivity index (χ1) is 9.70. The summed E-state index contributed by atoms with van der Waals surface area (Å²) in [6.45, 7) is 0.242. The maximum Gasteiger partial charge on any atom is 0.335 e. The molecule has 0 atom stereocenters. The average molecular weight is 268 g/mol. The minimum absolute atomic E-state index is 0.242. The van der Waals surface area contributed by atoms with Crippen LogP contribution in [0.5, 0.6) is 0 Å². The number of para-hydroxylation sites is 1. The van der Waals surface area contributed by atoms with E-state index in [0.29, 0.717) is 11.3 Å². The number of amides is 1. The van der Waals surface area contributed by atoms with Gasteiger partial charge < -0.3 is 15.5 Å². The molecule has 5 nitrogen and oxygen atoms in total. The Morgan fingerprint density at radius 3 is 2.75 bits per heavy atom. The van der Waals surface area contributed by atoms with Crippen LogP contribution < -0.4 is 16.7 Å². The Morgan fingerprint density at radius 2 is 2.05 bits per heavy atom. The maximum atomic E-state index is 12.0. The van der Waals surface area contributed by atoms with Gasteiger partial charge in [0.15, 0.2) is 0 Å². The highest BCUT2D eigenvalue weighted by Gasteiger charge is 2.08. The summed E-state index contributed by atoms with van der Waals surface area (Å²) in [6, 6.07) is 9.71. The Hall–Kier alpha value is -2.84. The number of hydrogen-bond acceptors (Lipinski definition) is 4. The van der Waals surface area contributed by atoms with E-state index in [4.69, 9.17) is 5.73 Å². The third-order valence-corrected chi connectivity index (χ3v) is 2.46. The van der Waals surface area contributed by atoms with Crippen molar-refractivity contribution in [3.05, 3.63) is 64.2 Å². The predicted molar refractivity (Wildman–Crippen MR) is 75.3 cm³/mol. The zero-order chi connectivity index (χ0) is 14.4. The average Bonchev–Trinajstić information content (AvgIpc) is 2.47. The van der Waals surface area contributed by atoms with Crippen LogP contribution in [-0.2, 0) is 0 Å². The van der Waals surface area contributed by atoms with Crippen LogP contribution in [0.2, 0.25) is 0 Å². The van der Waals surface area contributed by atoms with Gasteiger partial charge in [0.2, 0.25) is 0 Å². The summed E-state index contributed by atoms with van der Waals surface area (Å²) in [7, 11) is 0. The van der Waals surface area contributed by atoms with E-state index in [0.717, 1.165) is 6.26 Å². The molecule has 1 aromatic heterocycles. The van der Waals surface area contributed by atoms with Gasteiger partial charge in [-0.3, -0.25) is 4.79 Å². The van der Waals surface area contributed by atoms with Gasteiger partial charge in [0.25, 0.3) is 5.91 Å². The van der Waals surface area contributed by atoms with Crippen molar-refractivity contribution in [3.63, 3.8) is 0 Å². The fraction of sp³-hybridized carbons (Fsp3) is 0.0667. The van der Waals surface area contributed by atoms with E-state index in [2.05, 4.69) is 21.6 Å². The predicted octanol–water partition coefficient (Wildman–Crippen LogP) is 1.20. The smallest absolute Gasteiger partial charge is 0.335 e. The van der Waals surface area contributed by atoms with E-state index < -0.39 is 5.63 Å². The molecule has 3 N–H and O–H groups in total. The van der Waals surface area contributed by atoms with Crippen molar-refractivity contribution in [2.75, 3.05) is 11.9 Å². The number of anilines is 1. The third-order valence-electron chi connectivity index (χ3n) is 2.46. The summed E-state index contributed by atoms with van der Waals surface area (Å²) >= 11 is 0. The van der Waals surface area contributed by atoms with Crippen molar-refractivity contribution in [1.82, 2.24) is 0 Å². The SMILES string of the molecule is NCC#Cc1ccccc1NC(=O)c1ccc(=O)oc1. The minimum atomic E-state index is -0.504. The van der Waals surface area contributed by atoms with Crippen molar-refractivity contribution in [2.45, 2.75) is 0 Å². The molecule has 1 amide bonds. The highest BCUT2D eigenvalue weighted by molar-refractivity contribution is 6.04. The first kappa shape index (κ1) is 13.6. The van der Waals surface area contributed by atoms with E-state index in [1.54, 1.807) is 18.2 Å². The molecular formula is C15H12N2O3. The van der Waals surface area contributed by atoms with Crippen molar-refractivity contribution in [1.29, 1.82) is 0 Å². The number of nitrogens with two attached hydrogens (primary N) is 1. The summed E-state index contributed by atoms with van der Waals surface area (Å²) in [4.78, 5) is 22.9. The molecule has 0 saturated heterocycles. The Kier molecular flexibility index (Phi) is 4.32. The summed E-state index contributed by atoms with van der Waals surface area (Å²) in [6.07, 6.45) is 1.12. The first-order valence-corrected chi connectivity index (χ1v) is 5.89.